The van der Waals surface area contributed by atoms with Gasteiger partial charge in [0.05, 0.1) is 5.75 Å². The molecule has 0 amide bonds. The molecule has 1 heterocycles. The molecular formula is C12H18N2O4S. The highest BCUT2D eigenvalue weighted by atomic mass is 32.2. The van der Waals surface area contributed by atoms with Gasteiger partial charge in [0.2, 0.25) is 10.0 Å². The molecule has 0 aliphatic carbocycles. The average Bonchev–Trinajstić information content (AvgIpc) is 2.38. The monoisotopic (exact) mass is 286 g/mol. The van der Waals surface area contributed by atoms with Crippen LogP contribution in [0.3, 0.4) is 0 Å². The van der Waals surface area contributed by atoms with Gasteiger partial charge >= 0.3 is 5.97 Å². The third kappa shape index (κ3) is 4.29. The Morgan fingerprint density at radius 1 is 1.42 bits per heavy atom. The number of hydrogen-bond donors (Lipinski definition) is 1. The molecule has 106 valence electrons. The van der Waals surface area contributed by atoms with Crippen LogP contribution >= 0.6 is 0 Å². The summed E-state index contributed by atoms with van der Waals surface area (Å²) in [7, 11) is -2.27. The summed E-state index contributed by atoms with van der Waals surface area (Å²) in [6.07, 6.45) is 3.76. The highest BCUT2D eigenvalue weighted by Gasteiger charge is 2.29. The Bertz CT molecular complexity index is 516. The minimum Gasteiger partial charge on any atom is -0.480 e. The number of carboxylic acids is 1. The zero-order valence-electron chi connectivity index (χ0n) is 11.0. The second-order valence-corrected chi connectivity index (χ2v) is 6.35. The van der Waals surface area contributed by atoms with E-state index in [1.54, 1.807) is 31.5 Å². The lowest BCUT2D eigenvalue weighted by atomic mass is 10.2. The zero-order valence-corrected chi connectivity index (χ0v) is 11.8. The van der Waals surface area contributed by atoms with Crippen LogP contribution in [0.2, 0.25) is 0 Å². The van der Waals surface area contributed by atoms with E-state index in [-0.39, 0.29) is 12.2 Å². The third-order valence-electron chi connectivity index (χ3n) is 2.95. The Hall–Kier alpha value is -1.47. The lowest BCUT2D eigenvalue weighted by Gasteiger charge is -2.23. The van der Waals surface area contributed by atoms with Crippen LogP contribution in [0.15, 0.2) is 24.5 Å². The maximum absolute atomic E-state index is 12.1. The maximum atomic E-state index is 12.1. The van der Waals surface area contributed by atoms with Gasteiger partial charge in [0.25, 0.3) is 0 Å². The van der Waals surface area contributed by atoms with Gasteiger partial charge in [-0.15, -0.1) is 0 Å². The molecule has 0 saturated heterocycles. The van der Waals surface area contributed by atoms with Gasteiger partial charge in [-0.1, -0.05) is 6.92 Å². The maximum Gasteiger partial charge on any atom is 0.321 e. The Labute approximate surface area is 113 Å². The second kappa shape index (κ2) is 6.63. The molecule has 7 heteroatoms. The smallest absolute Gasteiger partial charge is 0.321 e. The fraction of sp³-hybridized carbons (Fsp3) is 0.500. The van der Waals surface area contributed by atoms with Crippen LogP contribution in [0.25, 0.3) is 0 Å². The highest BCUT2D eigenvalue weighted by Crippen LogP contribution is 2.11. The van der Waals surface area contributed by atoms with Crippen molar-refractivity contribution in [2.24, 2.45) is 0 Å². The predicted octanol–water partition coefficient (Wildman–Crippen LogP) is 0.749. The van der Waals surface area contributed by atoms with Crippen LogP contribution in [-0.2, 0) is 21.2 Å². The summed E-state index contributed by atoms with van der Waals surface area (Å²) in [4.78, 5) is 14.8. The highest BCUT2D eigenvalue weighted by molar-refractivity contribution is 7.89. The van der Waals surface area contributed by atoms with Gasteiger partial charge in [-0.05, 0) is 30.5 Å². The first-order valence-corrected chi connectivity index (χ1v) is 7.56. The van der Waals surface area contributed by atoms with Crippen molar-refractivity contribution in [1.29, 1.82) is 0 Å². The average molecular weight is 286 g/mol. The van der Waals surface area contributed by atoms with Crippen LogP contribution in [-0.4, -0.2) is 47.6 Å². The van der Waals surface area contributed by atoms with Crippen LogP contribution in [0, 0.1) is 0 Å². The van der Waals surface area contributed by atoms with E-state index in [9.17, 15) is 13.2 Å². The fourth-order valence-electron chi connectivity index (χ4n) is 1.72. The summed E-state index contributed by atoms with van der Waals surface area (Å²) in [6.45, 7) is 1.65. The molecule has 0 aromatic carbocycles. The van der Waals surface area contributed by atoms with Crippen molar-refractivity contribution in [3.05, 3.63) is 30.1 Å². The third-order valence-corrected chi connectivity index (χ3v) is 4.80. The minimum atomic E-state index is -3.58. The molecule has 0 radical (unpaired) electrons. The number of nitrogens with zero attached hydrogens (tertiary/aromatic N) is 2. The molecule has 1 rings (SSSR count). The first-order chi connectivity index (χ1) is 8.88. The Morgan fingerprint density at radius 2 is 2.00 bits per heavy atom. The molecule has 1 N–H and O–H groups in total. The van der Waals surface area contributed by atoms with Crippen molar-refractivity contribution in [2.45, 2.75) is 25.8 Å². The summed E-state index contributed by atoms with van der Waals surface area (Å²) < 4.78 is 25.1. The van der Waals surface area contributed by atoms with Gasteiger partial charge in [-0.2, -0.15) is 4.31 Å². The summed E-state index contributed by atoms with van der Waals surface area (Å²) >= 11 is 0. The predicted molar refractivity (Wildman–Crippen MR) is 71.2 cm³/mol. The largest absolute Gasteiger partial charge is 0.480 e. The van der Waals surface area contributed by atoms with E-state index in [0.717, 1.165) is 9.87 Å². The number of likely N-dealkylation sites (N-methyl/N-ethyl adjacent to an activating group) is 1. The summed E-state index contributed by atoms with van der Waals surface area (Å²) in [6, 6.07) is 2.47. The molecule has 1 aromatic heterocycles. The van der Waals surface area contributed by atoms with E-state index in [0.29, 0.717) is 6.42 Å². The van der Waals surface area contributed by atoms with Gasteiger partial charge in [0.15, 0.2) is 0 Å². The molecule has 1 aromatic rings. The van der Waals surface area contributed by atoms with E-state index >= 15 is 0 Å². The molecule has 19 heavy (non-hydrogen) atoms. The lowest BCUT2D eigenvalue weighted by Crippen LogP contribution is -2.43. The SMILES string of the molecule is CCC(C(=O)O)N(C)S(=O)(=O)CCc1ccncc1. The number of hydrogen-bond acceptors (Lipinski definition) is 4. The van der Waals surface area contributed by atoms with Crippen LogP contribution in [0.4, 0.5) is 0 Å². The summed E-state index contributed by atoms with van der Waals surface area (Å²) in [5.74, 6) is -1.24. The molecule has 0 spiro atoms. The first kappa shape index (κ1) is 15.6. The van der Waals surface area contributed by atoms with Crippen LogP contribution in [0.1, 0.15) is 18.9 Å². The van der Waals surface area contributed by atoms with Crippen LogP contribution in [0.5, 0.6) is 0 Å². The summed E-state index contributed by atoms with van der Waals surface area (Å²) in [5, 5.41) is 8.98. The Morgan fingerprint density at radius 3 is 2.47 bits per heavy atom. The van der Waals surface area contributed by atoms with Crippen molar-refractivity contribution in [2.75, 3.05) is 12.8 Å². The number of aromatic nitrogens is 1. The van der Waals surface area contributed by atoms with Crippen molar-refractivity contribution < 1.29 is 18.3 Å². The van der Waals surface area contributed by atoms with Gasteiger partial charge in [0.1, 0.15) is 6.04 Å². The van der Waals surface area contributed by atoms with Gasteiger partial charge in [-0.25, -0.2) is 8.42 Å². The van der Waals surface area contributed by atoms with Gasteiger partial charge in [-0.3, -0.25) is 9.78 Å². The number of rotatable bonds is 7. The van der Waals surface area contributed by atoms with Gasteiger partial charge < -0.3 is 5.11 Å². The first-order valence-electron chi connectivity index (χ1n) is 5.96. The number of pyridine rings is 1. The molecular weight excluding hydrogens is 268 g/mol. The fourth-order valence-corrected chi connectivity index (χ4v) is 3.13. The Kier molecular flexibility index (Phi) is 5.44. The topological polar surface area (TPSA) is 87.6 Å². The number of carbonyl (C=O) groups is 1. The molecule has 0 bridgehead atoms. The number of carboxylic acid groups (broad SMARTS) is 1. The van der Waals surface area contributed by atoms with E-state index in [1.807, 2.05) is 0 Å². The number of aryl methyl sites for hydroxylation is 1. The van der Waals surface area contributed by atoms with Crippen molar-refractivity contribution in [3.63, 3.8) is 0 Å². The molecule has 1 unspecified atom stereocenters. The molecule has 1 atom stereocenters. The minimum absolute atomic E-state index is 0.114. The van der Waals surface area contributed by atoms with Crippen molar-refractivity contribution in [1.82, 2.24) is 9.29 Å². The molecule has 0 aliphatic heterocycles. The van der Waals surface area contributed by atoms with E-state index in [4.69, 9.17) is 5.11 Å². The molecule has 6 nitrogen and oxygen atoms in total. The molecule has 0 fully saturated rings. The number of aliphatic carboxylic acids is 1. The van der Waals surface area contributed by atoms with Crippen LogP contribution < -0.4 is 0 Å². The molecule has 0 saturated carbocycles. The quantitative estimate of drug-likeness (QED) is 0.799. The molecule has 0 aliphatic rings. The Balaban J connectivity index is 2.73. The zero-order chi connectivity index (χ0) is 14.5. The normalized spacial score (nSPS) is 13.4. The second-order valence-electron chi connectivity index (χ2n) is 4.20. The van der Waals surface area contributed by atoms with E-state index < -0.39 is 22.0 Å². The lowest BCUT2D eigenvalue weighted by molar-refractivity contribution is -0.141. The van der Waals surface area contributed by atoms with Crippen molar-refractivity contribution in [3.8, 4) is 0 Å². The van der Waals surface area contributed by atoms with E-state index in [1.165, 1.54) is 7.05 Å². The van der Waals surface area contributed by atoms with Crippen molar-refractivity contribution >= 4 is 16.0 Å². The van der Waals surface area contributed by atoms with Gasteiger partial charge in [0, 0.05) is 19.4 Å². The summed E-state index contributed by atoms with van der Waals surface area (Å²) in [5.41, 5.74) is 0.857. The van der Waals surface area contributed by atoms with E-state index in [2.05, 4.69) is 4.98 Å². The standard InChI is InChI=1S/C12H18N2O4S/c1-3-11(12(15)16)14(2)19(17,18)9-6-10-4-7-13-8-5-10/h4-5,7-8,11H,3,6,9H2,1-2H3,(H,15,16). The number of sulfonamides is 1.